The molecule has 0 radical (unpaired) electrons. The van der Waals surface area contributed by atoms with Gasteiger partial charge in [-0.25, -0.2) is 9.50 Å². The minimum atomic E-state index is 0.691. The molecule has 156 valence electrons. The van der Waals surface area contributed by atoms with Gasteiger partial charge in [0.15, 0.2) is 5.65 Å². The topological polar surface area (TPSA) is 45.5 Å². The van der Waals surface area contributed by atoms with Crippen molar-refractivity contribution < 1.29 is 0 Å². The number of benzene rings is 1. The van der Waals surface area contributed by atoms with Crippen molar-refractivity contribution in [1.82, 2.24) is 24.8 Å². The molecule has 1 N–H and O–H groups in total. The Kier molecular flexibility index (Phi) is 5.03. The molecule has 1 saturated heterocycles. The second-order valence-electron chi connectivity index (χ2n) is 8.61. The monoisotopic (exact) mass is 421 g/mol. The van der Waals surface area contributed by atoms with E-state index in [-0.39, 0.29) is 0 Å². The maximum absolute atomic E-state index is 6.38. The van der Waals surface area contributed by atoms with Crippen molar-refractivity contribution >= 4 is 22.9 Å². The Labute approximate surface area is 182 Å². The highest BCUT2D eigenvalue weighted by Crippen LogP contribution is 2.34. The zero-order valence-electron chi connectivity index (χ0n) is 17.7. The second-order valence-corrected chi connectivity index (χ2v) is 8.99. The summed E-state index contributed by atoms with van der Waals surface area (Å²) in [6.07, 6.45) is 3.62. The lowest BCUT2D eigenvalue weighted by atomic mass is 9.88. The maximum atomic E-state index is 6.38. The molecule has 2 aliphatic rings. The molecule has 5 rings (SSSR count). The average Bonchev–Trinajstić information content (AvgIpc) is 3.32. The van der Waals surface area contributed by atoms with E-state index in [9.17, 15) is 0 Å². The molecule has 0 saturated carbocycles. The van der Waals surface area contributed by atoms with Crippen LogP contribution in [0.3, 0.4) is 0 Å². The van der Waals surface area contributed by atoms with Gasteiger partial charge in [-0.1, -0.05) is 42.4 Å². The van der Waals surface area contributed by atoms with E-state index in [2.05, 4.69) is 41.1 Å². The van der Waals surface area contributed by atoms with Gasteiger partial charge in [0.05, 0.1) is 28.6 Å². The highest BCUT2D eigenvalue weighted by Gasteiger charge is 2.29. The van der Waals surface area contributed by atoms with Crippen molar-refractivity contribution in [3.63, 3.8) is 0 Å². The molecule has 4 heterocycles. The van der Waals surface area contributed by atoms with E-state index in [4.69, 9.17) is 21.7 Å². The van der Waals surface area contributed by atoms with E-state index in [0.29, 0.717) is 5.02 Å². The molecule has 0 amide bonds. The number of rotatable bonds is 4. The first kappa shape index (κ1) is 19.6. The molecule has 30 heavy (non-hydrogen) atoms. The minimum absolute atomic E-state index is 0.691. The Bertz CT molecular complexity index is 1130. The van der Waals surface area contributed by atoms with Crippen molar-refractivity contribution in [2.75, 3.05) is 13.1 Å². The number of nitrogens with one attached hydrogen (secondary N) is 1. The van der Waals surface area contributed by atoms with Crippen LogP contribution in [0.1, 0.15) is 46.6 Å². The van der Waals surface area contributed by atoms with Gasteiger partial charge < -0.3 is 10.2 Å². The molecular weight excluding hydrogens is 394 g/mol. The summed E-state index contributed by atoms with van der Waals surface area (Å²) >= 11 is 6.38. The highest BCUT2D eigenvalue weighted by atomic mass is 35.5. The maximum Gasteiger partial charge on any atom is 0.160 e. The first-order valence-electron chi connectivity index (χ1n) is 10.8. The minimum Gasteiger partial charge on any atom is -0.361 e. The molecule has 5 nitrogen and oxygen atoms in total. The fraction of sp³-hybridized carbons (Fsp3) is 0.417. The molecule has 2 aliphatic heterocycles. The number of aromatic nitrogens is 3. The van der Waals surface area contributed by atoms with Gasteiger partial charge in [-0.15, -0.1) is 0 Å². The predicted octanol–water partition coefficient (Wildman–Crippen LogP) is 4.53. The van der Waals surface area contributed by atoms with Crippen molar-refractivity contribution in [3.05, 3.63) is 69.6 Å². The fourth-order valence-electron chi connectivity index (χ4n) is 4.85. The molecule has 0 spiro atoms. The second kappa shape index (κ2) is 7.71. The number of aryl methyl sites for hydroxylation is 2. The van der Waals surface area contributed by atoms with Crippen LogP contribution in [0, 0.1) is 19.8 Å². The Balaban J connectivity index is 1.41. The van der Waals surface area contributed by atoms with Gasteiger partial charge in [0.25, 0.3) is 0 Å². The van der Waals surface area contributed by atoms with Gasteiger partial charge in [-0.3, -0.25) is 0 Å². The summed E-state index contributed by atoms with van der Waals surface area (Å²) in [4.78, 5) is 7.07. The standard InChI is InChI=1S/C24H28ClN5/c1-15-23(25)17(3)30-24(27-15)21-13-29(14-22(21)28-30)16(2)20-7-5-4-6-19(20)12-18-8-10-26-11-9-18/h4-7,18,26H,2,8-14H2,1,3H3. The molecular formula is C24H28ClN5. The van der Waals surface area contributed by atoms with Gasteiger partial charge in [0, 0.05) is 23.4 Å². The number of piperidine rings is 1. The van der Waals surface area contributed by atoms with Crippen LogP contribution in [0.2, 0.25) is 5.02 Å². The smallest absolute Gasteiger partial charge is 0.160 e. The Morgan fingerprint density at radius 3 is 2.77 bits per heavy atom. The molecule has 3 aromatic rings. The van der Waals surface area contributed by atoms with Crippen molar-refractivity contribution in [1.29, 1.82) is 0 Å². The lowest BCUT2D eigenvalue weighted by molar-refractivity contribution is 0.371. The van der Waals surface area contributed by atoms with Gasteiger partial charge in [0.2, 0.25) is 0 Å². The van der Waals surface area contributed by atoms with Crippen molar-refractivity contribution in [3.8, 4) is 0 Å². The van der Waals surface area contributed by atoms with Crippen LogP contribution in [0.4, 0.5) is 0 Å². The number of nitrogens with zero attached hydrogens (tertiary/aromatic N) is 4. The lowest BCUT2D eigenvalue weighted by Crippen LogP contribution is -2.29. The lowest BCUT2D eigenvalue weighted by Gasteiger charge is -2.26. The summed E-state index contributed by atoms with van der Waals surface area (Å²) in [5.41, 5.74) is 8.74. The van der Waals surface area contributed by atoms with Crippen molar-refractivity contribution in [2.24, 2.45) is 5.92 Å². The summed E-state index contributed by atoms with van der Waals surface area (Å²) in [5, 5.41) is 8.98. The summed E-state index contributed by atoms with van der Waals surface area (Å²) in [6.45, 7) is 12.2. The molecule has 6 heteroatoms. The number of halogens is 1. The summed E-state index contributed by atoms with van der Waals surface area (Å²) < 4.78 is 1.89. The molecule has 0 bridgehead atoms. The quantitative estimate of drug-likeness (QED) is 0.672. The SMILES string of the molecule is C=C(c1ccccc1CC1CCNCC1)N1Cc2nn3c(C)c(Cl)c(C)nc3c2C1. The number of hydrogen-bond acceptors (Lipinski definition) is 4. The summed E-state index contributed by atoms with van der Waals surface area (Å²) in [6, 6.07) is 8.76. The Hall–Kier alpha value is -2.37. The molecule has 2 aromatic heterocycles. The number of fused-ring (bicyclic) bond motifs is 3. The summed E-state index contributed by atoms with van der Waals surface area (Å²) in [5.74, 6) is 0.750. The van der Waals surface area contributed by atoms with E-state index >= 15 is 0 Å². The largest absolute Gasteiger partial charge is 0.361 e. The average molecular weight is 422 g/mol. The van der Waals surface area contributed by atoms with Crippen molar-refractivity contribution in [2.45, 2.75) is 46.2 Å². The third-order valence-electron chi connectivity index (χ3n) is 6.63. The van der Waals surface area contributed by atoms with E-state index < -0.39 is 0 Å². The van der Waals surface area contributed by atoms with Gasteiger partial charge in [0.1, 0.15) is 0 Å². The normalized spacial score (nSPS) is 17.0. The highest BCUT2D eigenvalue weighted by molar-refractivity contribution is 6.31. The fourth-order valence-corrected chi connectivity index (χ4v) is 4.97. The number of hydrogen-bond donors (Lipinski definition) is 1. The Morgan fingerprint density at radius 1 is 1.20 bits per heavy atom. The summed E-state index contributed by atoms with van der Waals surface area (Å²) in [7, 11) is 0. The third-order valence-corrected chi connectivity index (χ3v) is 7.18. The Morgan fingerprint density at radius 2 is 1.97 bits per heavy atom. The first-order chi connectivity index (χ1) is 14.5. The van der Waals surface area contributed by atoms with E-state index in [1.807, 2.05) is 18.4 Å². The van der Waals surface area contributed by atoms with Gasteiger partial charge >= 0.3 is 0 Å². The van der Waals surface area contributed by atoms with Gasteiger partial charge in [-0.2, -0.15) is 5.10 Å². The van der Waals surface area contributed by atoms with Crippen LogP contribution < -0.4 is 5.32 Å². The zero-order chi connectivity index (χ0) is 20.8. The van der Waals surface area contributed by atoms with Crippen LogP contribution in [0.15, 0.2) is 30.8 Å². The van der Waals surface area contributed by atoms with Gasteiger partial charge in [-0.05, 0) is 57.7 Å². The van der Waals surface area contributed by atoms with E-state index in [1.54, 1.807) is 0 Å². The molecule has 0 aliphatic carbocycles. The molecule has 1 aromatic carbocycles. The molecule has 0 atom stereocenters. The van der Waals surface area contributed by atoms with Crippen LogP contribution in [-0.2, 0) is 19.5 Å². The van der Waals surface area contributed by atoms with Crippen LogP contribution in [-0.4, -0.2) is 32.6 Å². The van der Waals surface area contributed by atoms with Crippen LogP contribution in [0.5, 0.6) is 0 Å². The van der Waals surface area contributed by atoms with E-state index in [0.717, 1.165) is 66.9 Å². The third kappa shape index (κ3) is 3.30. The molecule has 0 unspecified atom stereocenters. The first-order valence-corrected chi connectivity index (χ1v) is 11.2. The van der Waals surface area contributed by atoms with Crippen LogP contribution in [0.25, 0.3) is 11.3 Å². The van der Waals surface area contributed by atoms with E-state index in [1.165, 1.54) is 29.5 Å². The van der Waals surface area contributed by atoms with Crippen LogP contribution >= 0.6 is 11.6 Å². The zero-order valence-corrected chi connectivity index (χ0v) is 18.5. The predicted molar refractivity (Wildman–Crippen MR) is 121 cm³/mol. The molecule has 1 fully saturated rings.